The summed E-state index contributed by atoms with van der Waals surface area (Å²) in [6, 6.07) is 12.0. The van der Waals surface area contributed by atoms with Gasteiger partial charge in [-0.25, -0.2) is 4.98 Å². The van der Waals surface area contributed by atoms with E-state index in [0.717, 1.165) is 18.6 Å². The first-order chi connectivity index (χ1) is 12.2. The number of methoxy groups -OCH3 is 1. The summed E-state index contributed by atoms with van der Waals surface area (Å²) in [5, 5.41) is 12.7. The van der Waals surface area contributed by atoms with E-state index in [4.69, 9.17) is 9.47 Å². The van der Waals surface area contributed by atoms with E-state index in [1.807, 2.05) is 6.07 Å². The highest BCUT2D eigenvalue weighted by Gasteiger charge is 2.37. The maximum atomic E-state index is 9.29. The molecule has 0 atom stereocenters. The third kappa shape index (κ3) is 3.59. The van der Waals surface area contributed by atoms with Gasteiger partial charge in [-0.3, -0.25) is 0 Å². The number of aryl methyl sites for hydroxylation is 1. The molecule has 3 rings (SSSR count). The number of benzene rings is 1. The fourth-order valence-electron chi connectivity index (χ4n) is 3.43. The Morgan fingerprint density at radius 2 is 2.12 bits per heavy atom. The molecule has 5 nitrogen and oxygen atoms in total. The molecular formula is C20H23N3O2. The standard InChI is InChI=1S/C20H23N3O2/c1-15-5-6-18(24-2)17(12-15)20(7-10-25-11-8-20)14-23-19-16(13-21)4-3-9-22-19/h3-6,9,12H,7-8,10-11,14H2,1-2H3,(H,22,23). The minimum atomic E-state index is -0.111. The van der Waals surface area contributed by atoms with Crippen molar-refractivity contribution in [3.8, 4) is 11.8 Å². The van der Waals surface area contributed by atoms with Gasteiger partial charge in [-0.15, -0.1) is 0 Å². The molecule has 0 unspecified atom stereocenters. The second-order valence-corrected chi connectivity index (χ2v) is 6.46. The summed E-state index contributed by atoms with van der Waals surface area (Å²) < 4.78 is 11.2. The van der Waals surface area contributed by atoms with Gasteiger partial charge in [0.15, 0.2) is 0 Å². The summed E-state index contributed by atoms with van der Waals surface area (Å²) in [6.45, 7) is 4.20. The van der Waals surface area contributed by atoms with Crippen molar-refractivity contribution < 1.29 is 9.47 Å². The van der Waals surface area contributed by atoms with Crippen LogP contribution in [0.1, 0.15) is 29.5 Å². The van der Waals surface area contributed by atoms with E-state index in [2.05, 4.69) is 35.4 Å². The van der Waals surface area contributed by atoms with E-state index in [1.54, 1.807) is 25.4 Å². The van der Waals surface area contributed by atoms with Crippen LogP contribution in [0.5, 0.6) is 5.75 Å². The van der Waals surface area contributed by atoms with Crippen LogP contribution in [0.15, 0.2) is 36.5 Å². The van der Waals surface area contributed by atoms with Crippen LogP contribution in [-0.4, -0.2) is 31.9 Å². The first kappa shape index (κ1) is 17.2. The summed E-state index contributed by atoms with van der Waals surface area (Å²) in [5.41, 5.74) is 2.85. The van der Waals surface area contributed by atoms with Gasteiger partial charge in [-0.2, -0.15) is 5.26 Å². The monoisotopic (exact) mass is 337 g/mol. The molecule has 25 heavy (non-hydrogen) atoms. The molecule has 0 saturated carbocycles. The topological polar surface area (TPSA) is 67.2 Å². The van der Waals surface area contributed by atoms with Gasteiger partial charge in [-0.05, 0) is 38.0 Å². The number of anilines is 1. The lowest BCUT2D eigenvalue weighted by molar-refractivity contribution is 0.0535. The van der Waals surface area contributed by atoms with Gasteiger partial charge in [-0.1, -0.05) is 17.7 Å². The predicted molar refractivity (Wildman–Crippen MR) is 96.9 cm³/mol. The van der Waals surface area contributed by atoms with Crippen molar-refractivity contribution in [3.05, 3.63) is 53.2 Å². The van der Waals surface area contributed by atoms with Gasteiger partial charge in [0, 0.05) is 36.9 Å². The van der Waals surface area contributed by atoms with Crippen LogP contribution >= 0.6 is 0 Å². The van der Waals surface area contributed by atoms with Crippen molar-refractivity contribution in [1.29, 1.82) is 5.26 Å². The maximum Gasteiger partial charge on any atom is 0.143 e. The van der Waals surface area contributed by atoms with Crippen LogP contribution in [0, 0.1) is 18.3 Å². The minimum Gasteiger partial charge on any atom is -0.496 e. The highest BCUT2D eigenvalue weighted by molar-refractivity contribution is 5.52. The number of aromatic nitrogens is 1. The van der Waals surface area contributed by atoms with Crippen molar-refractivity contribution in [2.75, 3.05) is 32.2 Å². The van der Waals surface area contributed by atoms with E-state index < -0.39 is 0 Å². The first-order valence-corrected chi connectivity index (χ1v) is 8.50. The van der Waals surface area contributed by atoms with Crippen molar-refractivity contribution >= 4 is 5.82 Å². The highest BCUT2D eigenvalue weighted by Crippen LogP contribution is 2.40. The third-order valence-corrected chi connectivity index (χ3v) is 4.90. The van der Waals surface area contributed by atoms with Crippen molar-refractivity contribution in [2.24, 2.45) is 0 Å². The maximum absolute atomic E-state index is 9.29. The Balaban J connectivity index is 1.95. The van der Waals surface area contributed by atoms with E-state index >= 15 is 0 Å². The summed E-state index contributed by atoms with van der Waals surface area (Å²) >= 11 is 0. The van der Waals surface area contributed by atoms with E-state index in [-0.39, 0.29) is 5.41 Å². The molecule has 0 bridgehead atoms. The summed E-state index contributed by atoms with van der Waals surface area (Å²) in [7, 11) is 1.71. The molecule has 2 heterocycles. The normalized spacial score (nSPS) is 16.0. The van der Waals surface area contributed by atoms with Crippen LogP contribution < -0.4 is 10.1 Å². The number of nitriles is 1. The minimum absolute atomic E-state index is 0.111. The average molecular weight is 337 g/mol. The molecule has 2 aromatic rings. The third-order valence-electron chi connectivity index (χ3n) is 4.90. The predicted octanol–water partition coefficient (Wildman–Crippen LogP) is 3.43. The van der Waals surface area contributed by atoms with Gasteiger partial charge in [0.2, 0.25) is 0 Å². The molecular weight excluding hydrogens is 314 g/mol. The Bertz CT molecular complexity index is 777. The van der Waals surface area contributed by atoms with Crippen molar-refractivity contribution in [2.45, 2.75) is 25.2 Å². The number of ether oxygens (including phenoxy) is 2. The summed E-state index contributed by atoms with van der Waals surface area (Å²) in [6.07, 6.45) is 3.50. The second-order valence-electron chi connectivity index (χ2n) is 6.46. The lowest BCUT2D eigenvalue weighted by Crippen LogP contribution is -2.40. The highest BCUT2D eigenvalue weighted by atomic mass is 16.5. The molecule has 1 N–H and O–H groups in total. The zero-order chi connectivity index (χ0) is 17.7. The molecule has 0 amide bonds. The van der Waals surface area contributed by atoms with Crippen LogP contribution in [0.3, 0.4) is 0 Å². The number of nitrogens with zero attached hydrogens (tertiary/aromatic N) is 2. The number of pyridine rings is 1. The molecule has 0 radical (unpaired) electrons. The molecule has 1 aliphatic rings. The molecule has 0 spiro atoms. The van der Waals surface area contributed by atoms with Gasteiger partial charge >= 0.3 is 0 Å². The van der Waals surface area contributed by atoms with Crippen LogP contribution in [0.2, 0.25) is 0 Å². The van der Waals surface area contributed by atoms with Gasteiger partial charge in [0.05, 0.1) is 12.7 Å². The molecule has 1 aromatic carbocycles. The Hall–Kier alpha value is -2.58. The largest absolute Gasteiger partial charge is 0.496 e. The Labute approximate surface area is 148 Å². The van der Waals surface area contributed by atoms with E-state index in [1.165, 1.54) is 11.1 Å². The van der Waals surface area contributed by atoms with Crippen LogP contribution in [0.4, 0.5) is 5.82 Å². The molecule has 1 aliphatic heterocycles. The van der Waals surface area contributed by atoms with E-state index in [0.29, 0.717) is 31.1 Å². The van der Waals surface area contributed by atoms with Gasteiger partial charge in [0.25, 0.3) is 0 Å². The van der Waals surface area contributed by atoms with Crippen LogP contribution in [-0.2, 0) is 10.2 Å². The van der Waals surface area contributed by atoms with E-state index in [9.17, 15) is 5.26 Å². The number of rotatable bonds is 5. The number of hydrogen-bond acceptors (Lipinski definition) is 5. The Morgan fingerprint density at radius 3 is 2.84 bits per heavy atom. The average Bonchev–Trinajstić information content (AvgIpc) is 2.67. The summed E-state index contributed by atoms with van der Waals surface area (Å²) in [4.78, 5) is 4.32. The van der Waals surface area contributed by atoms with Gasteiger partial charge < -0.3 is 14.8 Å². The lowest BCUT2D eigenvalue weighted by Gasteiger charge is -2.39. The SMILES string of the molecule is COc1ccc(C)cc1C1(CNc2ncccc2C#N)CCOCC1. The number of hydrogen-bond donors (Lipinski definition) is 1. The number of nitrogens with one attached hydrogen (secondary N) is 1. The zero-order valence-electron chi connectivity index (χ0n) is 14.7. The molecule has 5 heteroatoms. The molecule has 1 fully saturated rings. The Kier molecular flexibility index (Phi) is 5.20. The molecule has 0 aliphatic carbocycles. The van der Waals surface area contributed by atoms with Crippen molar-refractivity contribution in [3.63, 3.8) is 0 Å². The first-order valence-electron chi connectivity index (χ1n) is 8.50. The second kappa shape index (κ2) is 7.54. The molecule has 130 valence electrons. The van der Waals surface area contributed by atoms with Crippen LogP contribution in [0.25, 0.3) is 0 Å². The Morgan fingerprint density at radius 1 is 1.32 bits per heavy atom. The fourth-order valence-corrected chi connectivity index (χ4v) is 3.43. The smallest absolute Gasteiger partial charge is 0.143 e. The summed E-state index contributed by atoms with van der Waals surface area (Å²) in [5.74, 6) is 1.53. The van der Waals surface area contributed by atoms with Gasteiger partial charge in [0.1, 0.15) is 17.6 Å². The molecule has 1 saturated heterocycles. The fraction of sp³-hybridized carbons (Fsp3) is 0.400. The lowest BCUT2D eigenvalue weighted by atomic mass is 9.73. The molecule has 1 aromatic heterocycles. The quantitative estimate of drug-likeness (QED) is 0.905. The zero-order valence-corrected chi connectivity index (χ0v) is 14.7. The van der Waals surface area contributed by atoms with Crippen molar-refractivity contribution in [1.82, 2.24) is 4.98 Å².